The molecule has 0 aromatic heterocycles. The highest BCUT2D eigenvalue weighted by atomic mass is 16.2. The molecule has 7 nitrogen and oxygen atoms in total. The van der Waals surface area contributed by atoms with Gasteiger partial charge in [-0.2, -0.15) is 0 Å². The number of amides is 2. The highest BCUT2D eigenvalue weighted by Crippen LogP contribution is 2.30. The summed E-state index contributed by atoms with van der Waals surface area (Å²) in [7, 11) is 5.44. The third kappa shape index (κ3) is 6.90. The largest absolute Gasteiger partial charge is 0.330 e. The molecule has 0 aliphatic carbocycles. The number of carbonyl (C=O) groups excluding carboxylic acids is 3. The van der Waals surface area contributed by atoms with E-state index in [1.54, 1.807) is 37.2 Å². The molecule has 2 N–H and O–H groups in total. The fourth-order valence-corrected chi connectivity index (χ4v) is 6.25. The minimum atomic E-state index is -0.841. The minimum absolute atomic E-state index is 0.0502. The fourth-order valence-electron chi connectivity index (χ4n) is 6.25. The Morgan fingerprint density at radius 3 is 2.18 bits per heavy atom. The van der Waals surface area contributed by atoms with Crippen LogP contribution in [0.3, 0.4) is 0 Å². The van der Waals surface area contributed by atoms with Crippen LogP contribution in [0.25, 0.3) is 10.8 Å². The van der Waals surface area contributed by atoms with Crippen molar-refractivity contribution in [2.45, 2.75) is 37.9 Å². The number of Topliss-reactive ketones (excluding diaryl/α,β-unsaturated/α-hetero) is 1. The molecule has 5 rings (SSSR count). The van der Waals surface area contributed by atoms with E-state index in [1.807, 2.05) is 66.7 Å². The molecule has 4 aromatic rings. The fraction of sp³-hybridized carbons (Fsp3) is 0.324. The van der Waals surface area contributed by atoms with E-state index in [1.165, 1.54) is 4.90 Å². The van der Waals surface area contributed by atoms with Crippen LogP contribution < -0.4 is 5.73 Å². The smallest absolute Gasteiger partial charge is 0.254 e. The van der Waals surface area contributed by atoms with Crippen LogP contribution >= 0.6 is 0 Å². The molecule has 2 amide bonds. The van der Waals surface area contributed by atoms with Crippen molar-refractivity contribution in [3.8, 4) is 0 Å². The minimum Gasteiger partial charge on any atom is -0.330 e. The monoisotopic (exact) mass is 590 g/mol. The Hall–Kier alpha value is -4.33. The van der Waals surface area contributed by atoms with Gasteiger partial charge in [-0.1, -0.05) is 84.9 Å². The van der Waals surface area contributed by atoms with Crippen molar-refractivity contribution >= 4 is 28.4 Å². The third-order valence-corrected chi connectivity index (χ3v) is 8.97. The topological polar surface area (TPSA) is 87.0 Å². The quantitative estimate of drug-likeness (QED) is 0.278. The molecule has 0 spiro atoms. The van der Waals surface area contributed by atoms with Crippen molar-refractivity contribution in [1.82, 2.24) is 14.7 Å². The van der Waals surface area contributed by atoms with E-state index in [2.05, 4.69) is 24.1 Å². The van der Waals surface area contributed by atoms with Gasteiger partial charge in [0.25, 0.3) is 5.91 Å². The van der Waals surface area contributed by atoms with Gasteiger partial charge in [0, 0.05) is 38.5 Å². The van der Waals surface area contributed by atoms with Gasteiger partial charge in [0.2, 0.25) is 5.91 Å². The lowest BCUT2D eigenvalue weighted by Gasteiger charge is -2.37. The predicted octanol–water partition coefficient (Wildman–Crippen LogP) is 5.09. The molecule has 1 aliphatic rings. The molecule has 228 valence electrons. The molecule has 44 heavy (non-hydrogen) atoms. The normalized spacial score (nSPS) is 15.5. The summed E-state index contributed by atoms with van der Waals surface area (Å²) >= 11 is 0. The van der Waals surface area contributed by atoms with E-state index in [-0.39, 0.29) is 23.5 Å². The molecule has 1 fully saturated rings. The van der Waals surface area contributed by atoms with Gasteiger partial charge in [-0.05, 0) is 72.6 Å². The Morgan fingerprint density at radius 2 is 1.48 bits per heavy atom. The number of piperidine rings is 1. The summed E-state index contributed by atoms with van der Waals surface area (Å²) in [4.78, 5) is 48.0. The summed E-state index contributed by atoms with van der Waals surface area (Å²) in [5, 5.41) is 2.17. The predicted molar refractivity (Wildman–Crippen MR) is 175 cm³/mol. The first-order valence-corrected chi connectivity index (χ1v) is 15.3. The number of benzene rings is 4. The zero-order valence-corrected chi connectivity index (χ0v) is 25.9. The van der Waals surface area contributed by atoms with Crippen LogP contribution in [0.4, 0.5) is 0 Å². The Bertz CT molecular complexity index is 1610. The van der Waals surface area contributed by atoms with Crippen LogP contribution in [0.1, 0.15) is 45.9 Å². The molecule has 1 saturated heterocycles. The van der Waals surface area contributed by atoms with Gasteiger partial charge in [0.15, 0.2) is 5.78 Å². The molecule has 1 aliphatic heterocycles. The van der Waals surface area contributed by atoms with Crippen molar-refractivity contribution in [2.75, 3.05) is 34.2 Å². The number of fused-ring (bicyclic) bond motifs is 1. The highest BCUT2D eigenvalue weighted by molar-refractivity contribution is 5.99. The number of likely N-dealkylation sites (tertiary alicyclic amines) is 1. The Labute approximate surface area is 260 Å². The van der Waals surface area contributed by atoms with Gasteiger partial charge in [-0.15, -0.1) is 0 Å². The second-order valence-electron chi connectivity index (χ2n) is 12.0. The van der Waals surface area contributed by atoms with Crippen molar-refractivity contribution < 1.29 is 14.4 Å². The molecule has 0 saturated carbocycles. The number of rotatable bonds is 10. The molecule has 1 unspecified atom stereocenters. The first-order chi connectivity index (χ1) is 21.3. The van der Waals surface area contributed by atoms with Crippen LogP contribution in [0, 0.1) is 5.92 Å². The number of nitrogens with two attached hydrogens (primary N) is 1. The van der Waals surface area contributed by atoms with Gasteiger partial charge >= 0.3 is 0 Å². The molecule has 2 atom stereocenters. The summed E-state index contributed by atoms with van der Waals surface area (Å²) in [5.74, 6) is -0.636. The standard InChI is InChI=1S/C37H42N4O3/c1-39-20-18-30(19-21-39)35(42)34(29-12-5-4-6-13-29)41(3)37(44)33(24-26-16-17-28-11-7-8-14-31(28)22-26)40(2)36(43)32-15-9-10-27(23-32)25-38/h4-17,22-23,30,33-34H,18-21,24-25,38H2,1-3H3/t33-,34?/m1/s1. The van der Waals surface area contributed by atoms with Gasteiger partial charge in [-0.3, -0.25) is 14.4 Å². The first-order valence-electron chi connectivity index (χ1n) is 15.3. The number of ketones is 1. The first kappa shape index (κ1) is 31.1. The Kier molecular flexibility index (Phi) is 9.88. The average molecular weight is 591 g/mol. The van der Waals surface area contributed by atoms with Gasteiger partial charge in [0.05, 0.1) is 0 Å². The molecule has 1 heterocycles. The summed E-state index contributed by atoms with van der Waals surface area (Å²) in [6, 6.07) is 29.3. The second-order valence-corrected chi connectivity index (χ2v) is 12.0. The number of nitrogens with zero attached hydrogens (tertiary/aromatic N) is 3. The maximum atomic E-state index is 14.6. The maximum absolute atomic E-state index is 14.6. The van der Waals surface area contributed by atoms with E-state index < -0.39 is 12.1 Å². The average Bonchev–Trinajstić information content (AvgIpc) is 3.07. The second kappa shape index (κ2) is 14.0. The zero-order valence-electron chi connectivity index (χ0n) is 25.9. The number of likely N-dealkylation sites (N-methyl/N-ethyl adjacent to an activating group) is 2. The summed E-state index contributed by atoms with van der Waals surface area (Å²) < 4.78 is 0. The van der Waals surface area contributed by atoms with Crippen LogP contribution in [0.2, 0.25) is 0 Å². The van der Waals surface area contributed by atoms with E-state index in [4.69, 9.17) is 5.73 Å². The molecular weight excluding hydrogens is 548 g/mol. The Balaban J connectivity index is 1.51. The van der Waals surface area contributed by atoms with Crippen LogP contribution in [0.15, 0.2) is 97.1 Å². The van der Waals surface area contributed by atoms with Gasteiger partial charge < -0.3 is 20.4 Å². The van der Waals surface area contributed by atoms with Crippen molar-refractivity contribution in [2.24, 2.45) is 11.7 Å². The maximum Gasteiger partial charge on any atom is 0.254 e. The SMILES string of the molecule is CN1CCC(C(=O)C(c2ccccc2)N(C)C(=O)[C@@H](Cc2ccc3ccccc3c2)N(C)C(=O)c2cccc(CN)c2)CC1. The molecule has 7 heteroatoms. The highest BCUT2D eigenvalue weighted by Gasteiger charge is 2.38. The van der Waals surface area contributed by atoms with E-state index in [9.17, 15) is 14.4 Å². The van der Waals surface area contributed by atoms with Gasteiger partial charge in [-0.25, -0.2) is 0 Å². The van der Waals surface area contributed by atoms with Gasteiger partial charge in [0.1, 0.15) is 12.1 Å². The zero-order chi connectivity index (χ0) is 31.2. The van der Waals surface area contributed by atoms with E-state index in [0.717, 1.165) is 53.4 Å². The summed E-state index contributed by atoms with van der Waals surface area (Å²) in [5.41, 5.74) is 8.88. The number of carbonyl (C=O) groups is 3. The van der Waals surface area contributed by atoms with Crippen molar-refractivity contribution in [3.05, 3.63) is 119 Å². The molecule has 4 aromatic carbocycles. The van der Waals surface area contributed by atoms with Crippen molar-refractivity contribution in [1.29, 1.82) is 0 Å². The lowest BCUT2D eigenvalue weighted by Crippen LogP contribution is -2.52. The molecule has 0 radical (unpaired) electrons. The lowest BCUT2D eigenvalue weighted by atomic mass is 9.85. The molecule has 0 bridgehead atoms. The van der Waals surface area contributed by atoms with Crippen LogP contribution in [-0.4, -0.2) is 72.6 Å². The number of hydrogen-bond acceptors (Lipinski definition) is 5. The van der Waals surface area contributed by atoms with Crippen LogP contribution in [-0.2, 0) is 22.6 Å². The van der Waals surface area contributed by atoms with E-state index in [0.29, 0.717) is 18.5 Å². The van der Waals surface area contributed by atoms with E-state index >= 15 is 0 Å². The Morgan fingerprint density at radius 1 is 0.795 bits per heavy atom. The third-order valence-electron chi connectivity index (χ3n) is 8.97. The lowest BCUT2D eigenvalue weighted by molar-refractivity contribution is -0.143. The summed E-state index contributed by atoms with van der Waals surface area (Å²) in [6.45, 7) is 2.00. The van der Waals surface area contributed by atoms with Crippen molar-refractivity contribution in [3.63, 3.8) is 0 Å². The molecular formula is C37H42N4O3. The number of hydrogen-bond donors (Lipinski definition) is 1. The summed E-state index contributed by atoms with van der Waals surface area (Å²) in [6.07, 6.45) is 1.82. The van der Waals surface area contributed by atoms with Crippen LogP contribution in [0.5, 0.6) is 0 Å².